The van der Waals surface area contributed by atoms with E-state index < -0.39 is 44.8 Å². The quantitative estimate of drug-likeness (QED) is 0.370. The molecule has 1 aliphatic carbocycles. The summed E-state index contributed by atoms with van der Waals surface area (Å²) in [5.41, 5.74) is 0.512. The highest BCUT2D eigenvalue weighted by molar-refractivity contribution is 7.90. The Kier molecular flexibility index (Phi) is 8.48. The number of hydrogen-bond acceptors (Lipinski definition) is 4. The largest absolute Gasteiger partial charge is 0.481 e. The van der Waals surface area contributed by atoms with Crippen molar-refractivity contribution in [1.82, 2.24) is 9.62 Å². The van der Waals surface area contributed by atoms with Crippen LogP contribution in [0.4, 0.5) is 0 Å². The molecule has 2 aliphatic rings. The number of likely N-dealkylation sites (tertiary alicyclic amines) is 1. The Morgan fingerprint density at radius 2 is 1.79 bits per heavy atom. The molecule has 1 heterocycles. The van der Waals surface area contributed by atoms with Crippen LogP contribution < -0.4 is 4.72 Å². The summed E-state index contributed by atoms with van der Waals surface area (Å²) in [5, 5.41) is 10.5. The predicted molar refractivity (Wildman–Crippen MR) is 149 cm³/mol. The van der Waals surface area contributed by atoms with Crippen molar-refractivity contribution in [1.29, 1.82) is 0 Å². The van der Waals surface area contributed by atoms with Gasteiger partial charge in [-0.25, -0.2) is 13.1 Å². The molecule has 2 fully saturated rings. The summed E-state index contributed by atoms with van der Waals surface area (Å²) in [5.74, 6) is -1.66. The van der Waals surface area contributed by atoms with Crippen molar-refractivity contribution in [3.05, 3.63) is 69.7 Å². The van der Waals surface area contributed by atoms with E-state index in [9.17, 15) is 23.1 Å². The van der Waals surface area contributed by atoms with Crippen LogP contribution in [0.1, 0.15) is 76.0 Å². The smallest absolute Gasteiger partial charge is 0.304 e. The number of nitrogens with one attached hydrogen (secondary N) is 1. The number of sulfonamides is 1. The summed E-state index contributed by atoms with van der Waals surface area (Å²) in [6, 6.07) is 13.1. The van der Waals surface area contributed by atoms with E-state index in [1.807, 2.05) is 37.3 Å². The lowest BCUT2D eigenvalue weighted by atomic mass is 9.66. The average Bonchev–Trinajstić information content (AvgIpc) is 3.68. The summed E-state index contributed by atoms with van der Waals surface area (Å²) in [6.45, 7) is 5.38. The number of aliphatic carboxylic acids is 1. The average molecular weight is 582 g/mol. The molecule has 38 heavy (non-hydrogen) atoms. The zero-order valence-corrected chi connectivity index (χ0v) is 24.1. The maximum absolute atomic E-state index is 14.3. The fraction of sp³-hybridized carbons (Fsp3) is 0.500. The highest BCUT2D eigenvalue weighted by atomic mass is 35.5. The summed E-state index contributed by atoms with van der Waals surface area (Å²) in [6.07, 6.45) is 1.67. The molecule has 5 atom stereocenters. The number of carbonyl (C=O) groups is 2. The SMILES string of the molecule is CC[C@@H](C(C)NS(=O)(=O)C1CC1)N1C(=O)[C@@](C)(CC(=O)O)CC(c2cccc(Cl)c2)C1c1ccc(Cl)cc1. The van der Waals surface area contributed by atoms with Gasteiger partial charge in [-0.05, 0) is 68.0 Å². The lowest BCUT2D eigenvalue weighted by molar-refractivity contribution is -0.161. The van der Waals surface area contributed by atoms with Crippen molar-refractivity contribution in [2.24, 2.45) is 5.41 Å². The van der Waals surface area contributed by atoms with Crippen LogP contribution in [0.3, 0.4) is 0 Å². The van der Waals surface area contributed by atoms with E-state index in [1.165, 1.54) is 0 Å². The fourth-order valence-electron chi connectivity index (χ4n) is 5.85. The van der Waals surface area contributed by atoms with Crippen LogP contribution in [0.5, 0.6) is 0 Å². The number of benzene rings is 2. The van der Waals surface area contributed by atoms with E-state index >= 15 is 0 Å². The molecule has 3 unspecified atom stereocenters. The van der Waals surface area contributed by atoms with Gasteiger partial charge in [0.15, 0.2) is 0 Å². The molecule has 1 saturated heterocycles. The van der Waals surface area contributed by atoms with Gasteiger partial charge in [-0.1, -0.05) is 61.3 Å². The molecule has 0 bridgehead atoms. The van der Waals surface area contributed by atoms with Gasteiger partial charge in [-0.2, -0.15) is 0 Å². The number of halogens is 2. The van der Waals surface area contributed by atoms with E-state index in [2.05, 4.69) is 4.72 Å². The van der Waals surface area contributed by atoms with Crippen LogP contribution in [-0.4, -0.2) is 47.6 Å². The number of hydrogen-bond donors (Lipinski definition) is 2. The van der Waals surface area contributed by atoms with Crippen LogP contribution in [0.25, 0.3) is 0 Å². The first-order valence-electron chi connectivity index (χ1n) is 12.9. The Balaban J connectivity index is 1.87. The number of carboxylic acid groups (broad SMARTS) is 1. The third-order valence-corrected chi connectivity index (χ3v) is 10.3. The van der Waals surface area contributed by atoms with Crippen LogP contribution in [0, 0.1) is 5.41 Å². The third-order valence-electron chi connectivity index (χ3n) is 7.80. The summed E-state index contributed by atoms with van der Waals surface area (Å²) in [4.78, 5) is 28.0. The lowest BCUT2D eigenvalue weighted by Gasteiger charge is -2.53. The van der Waals surface area contributed by atoms with E-state index in [-0.39, 0.29) is 18.2 Å². The van der Waals surface area contributed by atoms with Gasteiger partial charge in [0.2, 0.25) is 15.9 Å². The second-order valence-corrected chi connectivity index (χ2v) is 13.7. The molecule has 206 valence electrons. The van der Waals surface area contributed by atoms with Crippen LogP contribution >= 0.6 is 23.2 Å². The summed E-state index contributed by atoms with van der Waals surface area (Å²) >= 11 is 12.6. The number of carboxylic acids is 1. The zero-order chi connectivity index (χ0) is 27.8. The van der Waals surface area contributed by atoms with E-state index in [4.69, 9.17) is 23.2 Å². The van der Waals surface area contributed by atoms with E-state index in [0.29, 0.717) is 35.7 Å². The van der Waals surface area contributed by atoms with Crippen LogP contribution in [0.15, 0.2) is 48.5 Å². The normalized spacial score (nSPS) is 25.7. The molecule has 1 aliphatic heterocycles. The maximum Gasteiger partial charge on any atom is 0.304 e. The van der Waals surface area contributed by atoms with Gasteiger partial charge in [0.25, 0.3) is 0 Å². The molecule has 1 amide bonds. The first-order chi connectivity index (χ1) is 17.9. The molecule has 0 radical (unpaired) electrons. The number of carbonyl (C=O) groups excluding carboxylic acids is 1. The van der Waals surface area contributed by atoms with Crippen molar-refractivity contribution < 1.29 is 23.1 Å². The summed E-state index contributed by atoms with van der Waals surface area (Å²) in [7, 11) is -3.52. The standard InChI is InChI=1S/C28H34Cl2N2O5S/c1-4-24(17(2)31-38(36,37)22-12-13-22)32-26(18-8-10-20(29)11-9-18)23(19-6-5-7-21(30)14-19)15-28(3,27(32)35)16-25(33)34/h5-11,14,17,22-24,26,31H,4,12-13,15-16H2,1-3H3,(H,33,34)/t17?,23?,24-,26?,28+/m0/s1. The van der Waals surface area contributed by atoms with Crippen LogP contribution in [-0.2, 0) is 19.6 Å². The number of amides is 1. The Hall–Kier alpha value is -2.13. The topological polar surface area (TPSA) is 104 Å². The molecule has 4 rings (SSSR count). The fourth-order valence-corrected chi connectivity index (χ4v) is 7.80. The minimum absolute atomic E-state index is 0.293. The van der Waals surface area contributed by atoms with E-state index in [0.717, 1.165) is 11.1 Å². The number of rotatable bonds is 10. The zero-order valence-electron chi connectivity index (χ0n) is 21.7. The highest BCUT2D eigenvalue weighted by Gasteiger charge is 2.53. The van der Waals surface area contributed by atoms with Crippen molar-refractivity contribution in [3.63, 3.8) is 0 Å². The third kappa shape index (κ3) is 6.03. The number of nitrogens with zero attached hydrogens (tertiary/aromatic N) is 1. The van der Waals surface area contributed by atoms with Crippen molar-refractivity contribution in [2.75, 3.05) is 0 Å². The maximum atomic E-state index is 14.3. The Bertz CT molecular complexity index is 1300. The minimum atomic E-state index is -3.52. The molecule has 1 saturated carbocycles. The van der Waals surface area contributed by atoms with Crippen molar-refractivity contribution in [3.8, 4) is 0 Å². The van der Waals surface area contributed by atoms with Gasteiger partial charge < -0.3 is 10.0 Å². The number of piperidine rings is 1. The van der Waals surface area contributed by atoms with E-state index in [1.54, 1.807) is 36.9 Å². The second-order valence-electron chi connectivity index (χ2n) is 10.8. The monoisotopic (exact) mass is 580 g/mol. The first kappa shape index (κ1) is 28.9. The van der Waals surface area contributed by atoms with Gasteiger partial charge in [0.05, 0.1) is 23.1 Å². The Labute approximate surface area is 234 Å². The Morgan fingerprint density at radius 1 is 1.13 bits per heavy atom. The second kappa shape index (κ2) is 11.2. The molecule has 2 aromatic carbocycles. The molecule has 0 aromatic heterocycles. The Morgan fingerprint density at radius 3 is 2.34 bits per heavy atom. The highest BCUT2D eigenvalue weighted by Crippen LogP contribution is 2.52. The van der Waals surface area contributed by atoms with Gasteiger partial charge in [-0.3, -0.25) is 9.59 Å². The van der Waals surface area contributed by atoms with Gasteiger partial charge in [0.1, 0.15) is 0 Å². The molecule has 0 spiro atoms. The lowest BCUT2D eigenvalue weighted by Crippen LogP contribution is -2.60. The van der Waals surface area contributed by atoms with Gasteiger partial charge in [0, 0.05) is 28.0 Å². The predicted octanol–water partition coefficient (Wildman–Crippen LogP) is 5.78. The van der Waals surface area contributed by atoms with Crippen molar-refractivity contribution in [2.45, 2.75) is 82.2 Å². The molecule has 10 heteroatoms. The molecule has 7 nitrogen and oxygen atoms in total. The van der Waals surface area contributed by atoms with Crippen molar-refractivity contribution >= 4 is 45.1 Å². The van der Waals surface area contributed by atoms with Gasteiger partial charge >= 0.3 is 5.97 Å². The van der Waals surface area contributed by atoms with Gasteiger partial charge in [-0.15, -0.1) is 0 Å². The minimum Gasteiger partial charge on any atom is -0.481 e. The summed E-state index contributed by atoms with van der Waals surface area (Å²) < 4.78 is 28.5. The molecular formula is C28H34Cl2N2O5S. The molecule has 2 N–H and O–H groups in total. The molecule has 2 aromatic rings. The van der Waals surface area contributed by atoms with Crippen LogP contribution in [0.2, 0.25) is 10.0 Å². The molecular weight excluding hydrogens is 547 g/mol. The first-order valence-corrected chi connectivity index (χ1v) is 15.2.